The summed E-state index contributed by atoms with van der Waals surface area (Å²) in [6.45, 7) is 2.08. The average Bonchev–Trinajstić information content (AvgIpc) is 2.40. The molecule has 1 aromatic rings. The monoisotopic (exact) mass is 349 g/mol. The molecule has 1 aliphatic rings. The van der Waals surface area contributed by atoms with Crippen LogP contribution in [0.1, 0.15) is 38.2 Å². The van der Waals surface area contributed by atoms with Gasteiger partial charge in [-0.15, -0.1) is 0 Å². The van der Waals surface area contributed by atoms with Gasteiger partial charge in [-0.3, -0.25) is 0 Å². The molecule has 1 saturated carbocycles. The third-order valence-corrected chi connectivity index (χ3v) is 4.49. The predicted molar refractivity (Wildman–Crippen MR) is 78.9 cm³/mol. The van der Waals surface area contributed by atoms with Crippen molar-refractivity contribution >= 4 is 21.6 Å². The number of halogens is 4. The van der Waals surface area contributed by atoms with Gasteiger partial charge in [0.2, 0.25) is 0 Å². The first kappa shape index (κ1) is 15.7. The van der Waals surface area contributed by atoms with Gasteiger partial charge >= 0.3 is 6.18 Å². The summed E-state index contributed by atoms with van der Waals surface area (Å²) in [5.41, 5.74) is 2.24. The molecule has 0 atom stereocenters. The molecule has 1 aromatic carbocycles. The van der Waals surface area contributed by atoms with Crippen molar-refractivity contribution in [3.63, 3.8) is 0 Å². The fourth-order valence-corrected chi connectivity index (χ4v) is 3.19. The van der Waals surface area contributed by atoms with Crippen LogP contribution in [-0.4, -0.2) is 12.2 Å². The number of nitrogens with one attached hydrogen (secondary N) is 1. The number of alkyl halides is 3. The van der Waals surface area contributed by atoms with E-state index in [0.29, 0.717) is 12.8 Å². The molecule has 0 saturated heterocycles. The maximum absolute atomic E-state index is 12.6. The number of anilines is 1. The van der Waals surface area contributed by atoms with Gasteiger partial charge in [-0.05, 0) is 55.9 Å². The summed E-state index contributed by atoms with van der Waals surface area (Å²) < 4.78 is 38.9. The number of hydrogen-bond donors (Lipinski definition) is 1. The second-order valence-corrected chi connectivity index (χ2v) is 6.31. The normalized spacial score (nSPS) is 23.6. The van der Waals surface area contributed by atoms with E-state index in [0.717, 1.165) is 16.6 Å². The van der Waals surface area contributed by atoms with Crippen LogP contribution in [0.25, 0.3) is 0 Å². The van der Waals surface area contributed by atoms with Crippen LogP contribution in [0.3, 0.4) is 0 Å². The van der Waals surface area contributed by atoms with Crippen LogP contribution >= 0.6 is 15.9 Å². The first-order valence-corrected chi connectivity index (χ1v) is 7.81. The molecule has 0 heterocycles. The van der Waals surface area contributed by atoms with Crippen LogP contribution in [0.2, 0.25) is 0 Å². The molecule has 1 N–H and O–H groups in total. The highest BCUT2D eigenvalue weighted by molar-refractivity contribution is 9.10. The molecule has 20 heavy (non-hydrogen) atoms. The van der Waals surface area contributed by atoms with Crippen molar-refractivity contribution in [2.24, 2.45) is 5.92 Å². The summed E-state index contributed by atoms with van der Waals surface area (Å²) in [5.74, 6) is -1.11. The highest BCUT2D eigenvalue weighted by Gasteiger charge is 2.41. The first-order valence-electron chi connectivity index (χ1n) is 7.01. The van der Waals surface area contributed by atoms with E-state index in [1.807, 2.05) is 12.1 Å². The van der Waals surface area contributed by atoms with E-state index in [1.165, 1.54) is 5.56 Å². The molecule has 1 nitrogen and oxygen atoms in total. The number of aryl methyl sites for hydroxylation is 1. The molecule has 5 heteroatoms. The molecule has 0 aromatic heterocycles. The number of benzene rings is 1. The zero-order valence-electron chi connectivity index (χ0n) is 11.4. The molecule has 0 spiro atoms. The summed E-state index contributed by atoms with van der Waals surface area (Å²) in [7, 11) is 0. The quantitative estimate of drug-likeness (QED) is 0.754. The number of hydrogen-bond acceptors (Lipinski definition) is 1. The van der Waals surface area contributed by atoms with Crippen LogP contribution in [0.5, 0.6) is 0 Å². The van der Waals surface area contributed by atoms with Crippen molar-refractivity contribution in [3.05, 3.63) is 28.2 Å². The fourth-order valence-electron chi connectivity index (χ4n) is 2.78. The first-order chi connectivity index (χ1) is 9.40. The molecule has 2 rings (SSSR count). The van der Waals surface area contributed by atoms with Crippen LogP contribution in [0, 0.1) is 5.92 Å². The summed E-state index contributed by atoms with van der Waals surface area (Å²) in [6.07, 6.45) is -1.48. The molecule has 0 radical (unpaired) electrons. The second kappa shape index (κ2) is 6.37. The lowest BCUT2D eigenvalue weighted by molar-refractivity contribution is -0.182. The highest BCUT2D eigenvalue weighted by Crippen LogP contribution is 2.38. The lowest BCUT2D eigenvalue weighted by Gasteiger charge is -2.31. The highest BCUT2D eigenvalue weighted by atomic mass is 79.9. The van der Waals surface area contributed by atoms with E-state index >= 15 is 0 Å². The van der Waals surface area contributed by atoms with Crippen LogP contribution in [0.15, 0.2) is 22.7 Å². The molecule has 0 amide bonds. The molecule has 0 unspecified atom stereocenters. The van der Waals surface area contributed by atoms with E-state index < -0.39 is 12.1 Å². The Morgan fingerprint density at radius 1 is 1.20 bits per heavy atom. The van der Waals surface area contributed by atoms with E-state index in [4.69, 9.17) is 0 Å². The van der Waals surface area contributed by atoms with Crippen molar-refractivity contribution in [1.82, 2.24) is 0 Å². The summed E-state index contributed by atoms with van der Waals surface area (Å²) in [6, 6.07) is 6.17. The van der Waals surface area contributed by atoms with Crippen molar-refractivity contribution in [1.29, 1.82) is 0 Å². The van der Waals surface area contributed by atoms with Gasteiger partial charge < -0.3 is 5.32 Å². The Morgan fingerprint density at radius 3 is 2.40 bits per heavy atom. The van der Waals surface area contributed by atoms with Crippen LogP contribution in [-0.2, 0) is 6.42 Å². The van der Waals surface area contributed by atoms with Gasteiger partial charge in [0.1, 0.15) is 0 Å². The van der Waals surface area contributed by atoms with Crippen molar-refractivity contribution < 1.29 is 13.2 Å². The number of rotatable bonds is 3. The van der Waals surface area contributed by atoms with Gasteiger partial charge in [-0.25, -0.2) is 0 Å². The molecule has 1 aliphatic carbocycles. The maximum Gasteiger partial charge on any atom is 0.391 e. The standard InChI is InChI=1S/C15H19BrF3N/c1-2-10-9-12(16)5-8-14(10)20-13-6-3-11(4-7-13)15(17,18)19/h5,8-9,11,13,20H,2-4,6-7H2,1H3. The van der Waals surface area contributed by atoms with E-state index in [2.05, 4.69) is 34.2 Å². The Morgan fingerprint density at radius 2 is 1.85 bits per heavy atom. The van der Waals surface area contributed by atoms with Gasteiger partial charge in [-0.1, -0.05) is 22.9 Å². The van der Waals surface area contributed by atoms with Gasteiger partial charge in [0, 0.05) is 16.2 Å². The Kier molecular flexibility index (Phi) is 4.99. The summed E-state index contributed by atoms with van der Waals surface area (Å²) in [5, 5.41) is 3.41. The van der Waals surface area contributed by atoms with Gasteiger partial charge in [-0.2, -0.15) is 13.2 Å². The average molecular weight is 350 g/mol. The molecular weight excluding hydrogens is 331 g/mol. The predicted octanol–water partition coefficient (Wildman–Crippen LogP) is 5.54. The van der Waals surface area contributed by atoms with Crippen molar-refractivity contribution in [2.45, 2.75) is 51.2 Å². The Labute approximate surface area is 126 Å². The Hall–Kier alpha value is -0.710. The lowest BCUT2D eigenvalue weighted by Crippen LogP contribution is -2.33. The van der Waals surface area contributed by atoms with Crippen LogP contribution in [0.4, 0.5) is 18.9 Å². The zero-order valence-corrected chi connectivity index (χ0v) is 13.0. The Balaban J connectivity index is 1.96. The second-order valence-electron chi connectivity index (χ2n) is 5.39. The SMILES string of the molecule is CCc1cc(Br)ccc1NC1CCC(C(F)(F)F)CC1. The topological polar surface area (TPSA) is 12.0 Å². The molecule has 0 bridgehead atoms. The van der Waals surface area contributed by atoms with Crippen molar-refractivity contribution in [3.8, 4) is 0 Å². The third-order valence-electron chi connectivity index (χ3n) is 4.00. The van der Waals surface area contributed by atoms with E-state index in [1.54, 1.807) is 0 Å². The van der Waals surface area contributed by atoms with Gasteiger partial charge in [0.15, 0.2) is 0 Å². The third kappa shape index (κ3) is 3.90. The molecule has 0 aliphatic heterocycles. The molecule has 112 valence electrons. The van der Waals surface area contributed by atoms with Gasteiger partial charge in [0.25, 0.3) is 0 Å². The smallest absolute Gasteiger partial charge is 0.382 e. The summed E-state index contributed by atoms with van der Waals surface area (Å²) in [4.78, 5) is 0. The maximum atomic E-state index is 12.6. The lowest BCUT2D eigenvalue weighted by atomic mass is 9.85. The minimum absolute atomic E-state index is 0.153. The zero-order chi connectivity index (χ0) is 14.8. The fraction of sp³-hybridized carbons (Fsp3) is 0.600. The minimum atomic E-state index is -4.03. The van der Waals surface area contributed by atoms with Crippen molar-refractivity contribution in [2.75, 3.05) is 5.32 Å². The van der Waals surface area contributed by atoms with E-state index in [-0.39, 0.29) is 18.9 Å². The summed E-state index contributed by atoms with van der Waals surface area (Å²) >= 11 is 3.44. The molecule has 1 fully saturated rings. The van der Waals surface area contributed by atoms with Crippen LogP contribution < -0.4 is 5.32 Å². The minimum Gasteiger partial charge on any atom is -0.382 e. The largest absolute Gasteiger partial charge is 0.391 e. The Bertz CT molecular complexity index is 451. The molecular formula is C15H19BrF3N. The van der Waals surface area contributed by atoms with E-state index in [9.17, 15) is 13.2 Å². The van der Waals surface area contributed by atoms with Gasteiger partial charge in [0.05, 0.1) is 5.92 Å².